The van der Waals surface area contributed by atoms with E-state index in [0.29, 0.717) is 12.4 Å². The first-order chi connectivity index (χ1) is 12.1. The van der Waals surface area contributed by atoms with Crippen LogP contribution in [0.3, 0.4) is 0 Å². The quantitative estimate of drug-likeness (QED) is 0.863. The molecule has 1 saturated heterocycles. The van der Waals surface area contributed by atoms with Crippen molar-refractivity contribution >= 4 is 11.4 Å². The van der Waals surface area contributed by atoms with Gasteiger partial charge in [0.05, 0.1) is 22.8 Å². The van der Waals surface area contributed by atoms with Gasteiger partial charge in [0, 0.05) is 25.8 Å². The molecule has 2 aromatic rings. The maximum atomic E-state index is 13.2. The van der Waals surface area contributed by atoms with E-state index in [1.54, 1.807) is 13.8 Å². The Morgan fingerprint density at radius 1 is 1.38 bits per heavy atom. The number of aromatic nitrogens is 2. The Balaban J connectivity index is 1.91. The van der Waals surface area contributed by atoms with Gasteiger partial charge in [0.25, 0.3) is 0 Å². The first-order valence-corrected chi connectivity index (χ1v) is 8.38. The van der Waals surface area contributed by atoms with Gasteiger partial charge in [-0.2, -0.15) is 13.2 Å². The van der Waals surface area contributed by atoms with Crippen molar-refractivity contribution in [1.29, 1.82) is 0 Å². The largest absolute Gasteiger partial charge is 0.418 e. The number of hydrogen-bond acceptors (Lipinski definition) is 4. The average Bonchev–Trinajstić information content (AvgIpc) is 2.98. The van der Waals surface area contributed by atoms with Crippen LogP contribution < -0.4 is 10.6 Å². The van der Waals surface area contributed by atoms with Crippen molar-refractivity contribution in [2.24, 2.45) is 0 Å². The maximum absolute atomic E-state index is 13.2. The molecule has 1 atom stereocenters. The molecule has 3 heterocycles. The van der Waals surface area contributed by atoms with Crippen LogP contribution in [0.15, 0.2) is 24.5 Å². The zero-order chi connectivity index (χ0) is 19.1. The number of halogens is 3. The fraction of sp³-hybridized carbons (Fsp3) is 0.529. The number of fused-ring (bicyclic) bond motifs is 1. The maximum Gasteiger partial charge on any atom is 0.418 e. The zero-order valence-corrected chi connectivity index (χ0v) is 14.9. The van der Waals surface area contributed by atoms with Crippen molar-refractivity contribution in [2.75, 3.05) is 26.7 Å². The predicted molar refractivity (Wildman–Crippen MR) is 90.7 cm³/mol. The number of piperazine rings is 1. The normalized spacial score (nSPS) is 19.7. The molecule has 2 aromatic heterocycles. The lowest BCUT2D eigenvalue weighted by Crippen LogP contribution is -2.58. The molecule has 0 saturated carbocycles. The molecule has 0 radical (unpaired) electrons. The molecule has 1 amide bonds. The smallest absolute Gasteiger partial charge is 0.343 e. The minimum atomic E-state index is -4.47. The number of pyridine rings is 1. The summed E-state index contributed by atoms with van der Waals surface area (Å²) in [6.07, 6.45) is -1.75. The Morgan fingerprint density at radius 3 is 2.77 bits per heavy atom. The monoisotopic (exact) mass is 369 g/mol. The minimum absolute atomic E-state index is 0.0335. The van der Waals surface area contributed by atoms with Gasteiger partial charge in [-0.25, -0.2) is 4.98 Å². The average molecular weight is 369 g/mol. The summed E-state index contributed by atoms with van der Waals surface area (Å²) in [4.78, 5) is 18.8. The van der Waals surface area contributed by atoms with Gasteiger partial charge in [-0.05, 0) is 33.0 Å². The van der Waals surface area contributed by atoms with Gasteiger partial charge in [0.15, 0.2) is 0 Å². The van der Waals surface area contributed by atoms with Crippen molar-refractivity contribution in [2.45, 2.75) is 31.6 Å². The van der Waals surface area contributed by atoms with Crippen LogP contribution in [-0.4, -0.2) is 52.9 Å². The molecule has 1 fully saturated rings. The summed E-state index contributed by atoms with van der Waals surface area (Å²) in [5.74, 6) is 0.159. The molecule has 9 heteroatoms. The van der Waals surface area contributed by atoms with Gasteiger partial charge >= 0.3 is 6.18 Å². The van der Waals surface area contributed by atoms with E-state index in [2.05, 4.69) is 15.6 Å². The van der Waals surface area contributed by atoms with Crippen molar-refractivity contribution < 1.29 is 18.0 Å². The van der Waals surface area contributed by atoms with E-state index in [-0.39, 0.29) is 17.5 Å². The molecule has 1 aliphatic rings. The summed E-state index contributed by atoms with van der Waals surface area (Å²) in [6, 6.07) is 2.02. The third kappa shape index (κ3) is 3.41. The highest BCUT2D eigenvalue weighted by molar-refractivity contribution is 5.83. The lowest BCUT2D eigenvalue weighted by atomic mass is 10.0. The van der Waals surface area contributed by atoms with Crippen LogP contribution in [0, 0.1) is 0 Å². The summed E-state index contributed by atoms with van der Waals surface area (Å²) in [6.45, 7) is 5.56. The van der Waals surface area contributed by atoms with Gasteiger partial charge in [0.1, 0.15) is 11.9 Å². The highest BCUT2D eigenvalue weighted by atomic mass is 19.4. The van der Waals surface area contributed by atoms with Crippen LogP contribution in [0.4, 0.5) is 13.2 Å². The predicted octanol–water partition coefficient (Wildman–Crippen LogP) is 1.61. The molecule has 1 aliphatic heterocycles. The summed E-state index contributed by atoms with van der Waals surface area (Å²) in [5, 5.41) is 6.10. The number of amides is 1. The fourth-order valence-electron chi connectivity index (χ4n) is 3.27. The summed E-state index contributed by atoms with van der Waals surface area (Å²) in [5.41, 5.74) is -1.72. The van der Waals surface area contributed by atoms with Crippen LogP contribution in [0.5, 0.6) is 0 Å². The number of carbonyl (C=O) groups is 1. The van der Waals surface area contributed by atoms with Crippen LogP contribution in [0.1, 0.15) is 25.2 Å². The number of alkyl halides is 3. The summed E-state index contributed by atoms with van der Waals surface area (Å²) in [7, 11) is 1.87. The lowest BCUT2D eigenvalue weighted by Gasteiger charge is -2.35. The van der Waals surface area contributed by atoms with E-state index in [4.69, 9.17) is 0 Å². The Labute approximate surface area is 149 Å². The first kappa shape index (κ1) is 18.7. The minimum Gasteiger partial charge on any atom is -0.343 e. The van der Waals surface area contributed by atoms with E-state index >= 15 is 0 Å². The van der Waals surface area contributed by atoms with Crippen LogP contribution in [0.25, 0.3) is 5.52 Å². The number of nitrogens with zero attached hydrogens (tertiary/aromatic N) is 3. The van der Waals surface area contributed by atoms with Gasteiger partial charge in [-0.1, -0.05) is 0 Å². The molecule has 142 valence electrons. The van der Waals surface area contributed by atoms with E-state index in [0.717, 1.165) is 19.2 Å². The molecule has 26 heavy (non-hydrogen) atoms. The van der Waals surface area contributed by atoms with Crippen LogP contribution in [-0.2, 0) is 16.5 Å². The van der Waals surface area contributed by atoms with Gasteiger partial charge < -0.3 is 15.0 Å². The van der Waals surface area contributed by atoms with Gasteiger partial charge in [0.2, 0.25) is 5.91 Å². The molecule has 0 unspecified atom stereocenters. The van der Waals surface area contributed by atoms with Crippen molar-refractivity contribution in [3.8, 4) is 0 Å². The molecule has 0 aliphatic carbocycles. The SMILES string of the molecule is CN1CCNC[C@H]1C(=O)NC(C)(C)c1ncc2c(C(F)(F)F)cccn12. The molecule has 0 spiro atoms. The number of rotatable bonds is 3. The summed E-state index contributed by atoms with van der Waals surface area (Å²) >= 11 is 0. The molecular formula is C17H22F3N5O. The summed E-state index contributed by atoms with van der Waals surface area (Å²) < 4.78 is 41.0. The number of imidazole rings is 1. The van der Waals surface area contributed by atoms with Crippen LogP contribution >= 0.6 is 0 Å². The highest BCUT2D eigenvalue weighted by Crippen LogP contribution is 2.33. The number of carbonyl (C=O) groups excluding carboxylic acids is 1. The Hall–Kier alpha value is -2.13. The van der Waals surface area contributed by atoms with Crippen molar-refractivity contribution in [3.63, 3.8) is 0 Å². The fourth-order valence-corrected chi connectivity index (χ4v) is 3.27. The second-order valence-electron chi connectivity index (χ2n) is 7.07. The molecule has 2 N–H and O–H groups in total. The van der Waals surface area contributed by atoms with E-state index in [9.17, 15) is 18.0 Å². The van der Waals surface area contributed by atoms with E-state index in [1.165, 1.54) is 22.9 Å². The topological polar surface area (TPSA) is 61.7 Å². The first-order valence-electron chi connectivity index (χ1n) is 8.38. The number of nitrogens with one attached hydrogen (secondary N) is 2. The third-order valence-corrected chi connectivity index (χ3v) is 4.68. The molecule has 3 rings (SSSR count). The lowest BCUT2D eigenvalue weighted by molar-refractivity contribution is -0.136. The van der Waals surface area contributed by atoms with Crippen LogP contribution in [0.2, 0.25) is 0 Å². The van der Waals surface area contributed by atoms with E-state index < -0.39 is 17.3 Å². The Morgan fingerprint density at radius 2 is 2.12 bits per heavy atom. The molecule has 6 nitrogen and oxygen atoms in total. The zero-order valence-electron chi connectivity index (χ0n) is 14.9. The second kappa shape index (κ2) is 6.55. The number of likely N-dealkylation sites (N-methyl/N-ethyl adjacent to an activating group) is 1. The number of hydrogen-bond donors (Lipinski definition) is 2. The third-order valence-electron chi connectivity index (χ3n) is 4.68. The molecule has 0 aromatic carbocycles. The highest BCUT2D eigenvalue weighted by Gasteiger charge is 2.36. The molecule has 0 bridgehead atoms. The van der Waals surface area contributed by atoms with Crippen molar-refractivity contribution in [1.82, 2.24) is 24.9 Å². The van der Waals surface area contributed by atoms with Gasteiger partial charge in [-0.15, -0.1) is 0 Å². The molecular weight excluding hydrogens is 347 g/mol. The Kier molecular flexibility index (Phi) is 4.70. The standard InChI is InChI=1S/C17H22F3N5O/c1-16(2,23-14(26)13-9-21-6-8-24(13)3)15-22-10-12-11(17(18,19)20)5-4-7-25(12)15/h4-5,7,10,13,21H,6,8-9H2,1-3H3,(H,23,26)/t13-/m0/s1. The van der Waals surface area contributed by atoms with Gasteiger partial charge in [-0.3, -0.25) is 9.69 Å². The Bertz CT molecular complexity index is 814. The van der Waals surface area contributed by atoms with Crippen molar-refractivity contribution in [3.05, 3.63) is 35.9 Å². The second-order valence-corrected chi connectivity index (χ2v) is 7.07. The van der Waals surface area contributed by atoms with E-state index in [1.807, 2.05) is 11.9 Å².